The fourth-order valence-corrected chi connectivity index (χ4v) is 5.28. The number of hydrogen-bond donors (Lipinski definition) is 1. The van der Waals surface area contributed by atoms with Crippen LogP contribution in [-0.2, 0) is 16.1 Å². The minimum absolute atomic E-state index is 0.0996. The largest absolute Gasteiger partial charge is 0.369 e. The molecule has 0 aliphatic carbocycles. The molecule has 4 amide bonds. The van der Waals surface area contributed by atoms with E-state index >= 15 is 0 Å². The van der Waals surface area contributed by atoms with Crippen LogP contribution in [0.5, 0.6) is 0 Å². The second kappa shape index (κ2) is 9.02. The Labute approximate surface area is 206 Å². The Balaban J connectivity index is 1.25. The molecule has 0 spiro atoms. The Morgan fingerprint density at radius 1 is 0.853 bits per heavy atom. The number of halogens is 2. The number of nitrogens with zero attached hydrogens (tertiary/aromatic N) is 3. The predicted octanol–water partition coefficient (Wildman–Crippen LogP) is 2.72. The third-order valence-corrected chi connectivity index (χ3v) is 6.93. The highest BCUT2D eigenvalue weighted by Crippen LogP contribution is 2.29. The van der Waals surface area contributed by atoms with Gasteiger partial charge in [0.15, 0.2) is 0 Å². The van der Waals surface area contributed by atoms with Crippen molar-refractivity contribution in [2.45, 2.75) is 25.4 Å². The summed E-state index contributed by atoms with van der Waals surface area (Å²) >= 11 is 12.3. The van der Waals surface area contributed by atoms with Gasteiger partial charge >= 0.3 is 0 Å². The highest BCUT2D eigenvalue weighted by Gasteiger charge is 2.44. The van der Waals surface area contributed by atoms with Gasteiger partial charge in [0.2, 0.25) is 11.8 Å². The number of hydrogen-bond acceptors (Lipinski definition) is 6. The summed E-state index contributed by atoms with van der Waals surface area (Å²) in [5.41, 5.74) is 2.51. The molecule has 1 atom stereocenters. The van der Waals surface area contributed by atoms with Crippen molar-refractivity contribution < 1.29 is 19.2 Å². The first-order valence-electron chi connectivity index (χ1n) is 11.1. The Hall–Kier alpha value is -2.94. The molecule has 0 saturated carbocycles. The van der Waals surface area contributed by atoms with Gasteiger partial charge in [-0.05, 0) is 42.3 Å². The van der Waals surface area contributed by atoms with Gasteiger partial charge in [-0.2, -0.15) is 0 Å². The summed E-state index contributed by atoms with van der Waals surface area (Å²) in [6.45, 7) is 3.88. The number of piperidine rings is 1. The van der Waals surface area contributed by atoms with Crippen molar-refractivity contribution in [1.29, 1.82) is 0 Å². The van der Waals surface area contributed by atoms with Gasteiger partial charge in [0.25, 0.3) is 11.8 Å². The van der Waals surface area contributed by atoms with Crippen molar-refractivity contribution in [2.75, 3.05) is 31.1 Å². The summed E-state index contributed by atoms with van der Waals surface area (Å²) in [7, 11) is 0. The maximum atomic E-state index is 13.0. The maximum Gasteiger partial charge on any atom is 0.262 e. The van der Waals surface area contributed by atoms with E-state index in [1.165, 1.54) is 0 Å². The first kappa shape index (κ1) is 22.8. The molecule has 8 nitrogen and oxygen atoms in total. The van der Waals surface area contributed by atoms with Crippen LogP contribution in [-0.4, -0.2) is 65.6 Å². The predicted molar refractivity (Wildman–Crippen MR) is 127 cm³/mol. The van der Waals surface area contributed by atoms with Crippen LogP contribution in [0.2, 0.25) is 10.0 Å². The standard InChI is InChI=1S/C24H22Cl2N4O4/c25-15-10-16(26)12-17(11-15)29-7-5-28(6-8-29)13-14-1-2-18-19(9-14)24(34)30(23(18)33)20-3-4-21(31)27-22(20)32/h1-2,9-12,20H,3-8,13H2,(H,27,31,32). The first-order valence-corrected chi connectivity index (χ1v) is 11.8. The number of benzene rings is 2. The van der Waals surface area contributed by atoms with Crippen LogP contribution in [0.3, 0.4) is 0 Å². The number of carbonyl (C=O) groups is 4. The molecule has 34 heavy (non-hydrogen) atoms. The number of imide groups is 2. The minimum Gasteiger partial charge on any atom is -0.369 e. The lowest BCUT2D eigenvalue weighted by atomic mass is 10.0. The van der Waals surface area contributed by atoms with E-state index in [0.29, 0.717) is 27.7 Å². The molecule has 2 aromatic rings. The van der Waals surface area contributed by atoms with E-state index in [4.69, 9.17) is 23.2 Å². The normalized spacial score (nSPS) is 21.2. The number of carbonyl (C=O) groups excluding carboxylic acids is 4. The van der Waals surface area contributed by atoms with E-state index in [9.17, 15) is 19.2 Å². The third-order valence-electron chi connectivity index (χ3n) is 6.50. The lowest BCUT2D eigenvalue weighted by molar-refractivity contribution is -0.136. The molecule has 0 bridgehead atoms. The fourth-order valence-electron chi connectivity index (χ4n) is 4.76. The summed E-state index contributed by atoms with van der Waals surface area (Å²) in [4.78, 5) is 55.1. The Kier molecular flexibility index (Phi) is 6.06. The quantitative estimate of drug-likeness (QED) is 0.649. The van der Waals surface area contributed by atoms with Gasteiger partial charge in [-0.15, -0.1) is 0 Å². The molecule has 5 rings (SSSR count). The molecule has 2 aromatic carbocycles. The van der Waals surface area contributed by atoms with E-state index < -0.39 is 29.7 Å². The van der Waals surface area contributed by atoms with Gasteiger partial charge in [-0.25, -0.2) is 0 Å². The molecular weight excluding hydrogens is 479 g/mol. The summed E-state index contributed by atoms with van der Waals surface area (Å²) in [6.07, 6.45) is 0.244. The van der Waals surface area contributed by atoms with Crippen molar-refractivity contribution >= 4 is 52.5 Å². The van der Waals surface area contributed by atoms with E-state index in [1.54, 1.807) is 18.2 Å². The van der Waals surface area contributed by atoms with Crippen LogP contribution in [0.15, 0.2) is 36.4 Å². The number of nitrogens with one attached hydrogen (secondary N) is 1. The zero-order chi connectivity index (χ0) is 24.0. The fraction of sp³-hybridized carbons (Fsp3) is 0.333. The topological polar surface area (TPSA) is 90.0 Å². The lowest BCUT2D eigenvalue weighted by Gasteiger charge is -2.36. The smallest absolute Gasteiger partial charge is 0.262 e. The second-order valence-corrected chi connectivity index (χ2v) is 9.59. The van der Waals surface area contributed by atoms with Crippen LogP contribution in [0.4, 0.5) is 5.69 Å². The average Bonchev–Trinajstić information content (AvgIpc) is 3.03. The molecule has 176 valence electrons. The zero-order valence-electron chi connectivity index (χ0n) is 18.2. The summed E-state index contributed by atoms with van der Waals surface area (Å²) < 4.78 is 0. The van der Waals surface area contributed by atoms with Crippen molar-refractivity contribution in [1.82, 2.24) is 15.1 Å². The Morgan fingerprint density at radius 3 is 2.21 bits per heavy atom. The van der Waals surface area contributed by atoms with Gasteiger partial charge in [0.1, 0.15) is 6.04 Å². The van der Waals surface area contributed by atoms with Gasteiger partial charge in [0, 0.05) is 54.9 Å². The number of piperazine rings is 1. The Morgan fingerprint density at radius 2 is 1.53 bits per heavy atom. The van der Waals surface area contributed by atoms with E-state index in [1.807, 2.05) is 18.2 Å². The van der Waals surface area contributed by atoms with Crippen LogP contribution in [0, 0.1) is 0 Å². The van der Waals surface area contributed by atoms with Gasteiger partial charge < -0.3 is 4.90 Å². The molecule has 0 aromatic heterocycles. The van der Waals surface area contributed by atoms with Crippen LogP contribution in [0.25, 0.3) is 0 Å². The van der Waals surface area contributed by atoms with E-state index in [0.717, 1.165) is 42.3 Å². The molecule has 2 fully saturated rings. The number of rotatable bonds is 4. The molecule has 10 heteroatoms. The Bertz CT molecular complexity index is 1190. The maximum absolute atomic E-state index is 13.0. The molecule has 3 heterocycles. The monoisotopic (exact) mass is 500 g/mol. The molecule has 1 unspecified atom stereocenters. The number of amides is 4. The highest BCUT2D eigenvalue weighted by molar-refractivity contribution is 6.35. The summed E-state index contributed by atoms with van der Waals surface area (Å²) in [6, 6.07) is 9.80. The van der Waals surface area contributed by atoms with E-state index in [-0.39, 0.29) is 12.8 Å². The van der Waals surface area contributed by atoms with Gasteiger partial charge in [-0.1, -0.05) is 29.3 Å². The third kappa shape index (κ3) is 4.29. The SMILES string of the molecule is O=C1CCC(N2C(=O)c3ccc(CN4CCN(c5cc(Cl)cc(Cl)c5)CC4)cc3C2=O)C(=O)N1. The molecule has 1 N–H and O–H groups in total. The van der Waals surface area contributed by atoms with Crippen LogP contribution in [0.1, 0.15) is 39.1 Å². The van der Waals surface area contributed by atoms with Gasteiger partial charge in [-0.3, -0.25) is 34.3 Å². The first-order chi connectivity index (χ1) is 16.3. The lowest BCUT2D eigenvalue weighted by Crippen LogP contribution is -2.54. The van der Waals surface area contributed by atoms with Crippen molar-refractivity contribution in [2.24, 2.45) is 0 Å². The zero-order valence-corrected chi connectivity index (χ0v) is 19.7. The molecule has 3 aliphatic heterocycles. The average molecular weight is 501 g/mol. The van der Waals surface area contributed by atoms with Gasteiger partial charge in [0.05, 0.1) is 11.1 Å². The summed E-state index contributed by atoms with van der Waals surface area (Å²) in [5.74, 6) is -1.97. The minimum atomic E-state index is -0.957. The molecule has 3 aliphatic rings. The van der Waals surface area contributed by atoms with Crippen molar-refractivity contribution in [3.05, 3.63) is 63.1 Å². The summed E-state index contributed by atoms with van der Waals surface area (Å²) in [5, 5.41) is 3.42. The van der Waals surface area contributed by atoms with E-state index in [2.05, 4.69) is 15.1 Å². The second-order valence-electron chi connectivity index (χ2n) is 8.72. The molecule has 0 radical (unpaired) electrons. The number of fused-ring (bicyclic) bond motifs is 1. The molecular formula is C24H22Cl2N4O4. The van der Waals surface area contributed by atoms with Crippen LogP contribution < -0.4 is 10.2 Å². The van der Waals surface area contributed by atoms with Crippen molar-refractivity contribution in [3.8, 4) is 0 Å². The molecule has 2 saturated heterocycles. The highest BCUT2D eigenvalue weighted by atomic mass is 35.5. The number of anilines is 1. The van der Waals surface area contributed by atoms with Crippen LogP contribution >= 0.6 is 23.2 Å². The van der Waals surface area contributed by atoms with Crippen molar-refractivity contribution in [3.63, 3.8) is 0 Å².